The van der Waals surface area contributed by atoms with E-state index in [-0.39, 0.29) is 5.95 Å². The molecule has 0 fully saturated rings. The first kappa shape index (κ1) is 10.3. The number of aliphatic hydroxyl groups excluding tert-OH is 1. The molecule has 6 nitrogen and oxygen atoms in total. The summed E-state index contributed by atoms with van der Waals surface area (Å²) in [6, 6.07) is -0.972. The highest BCUT2D eigenvalue weighted by Gasteiger charge is 2.14. The monoisotopic (exact) mass is 200 g/mol. The van der Waals surface area contributed by atoms with Crippen molar-refractivity contribution in [2.24, 2.45) is 5.73 Å². The SMILES string of the molecule is NC(=O)[C@H](CO)Nc1ncc(F)cn1. The Morgan fingerprint density at radius 2 is 2.21 bits per heavy atom. The van der Waals surface area contributed by atoms with Gasteiger partial charge in [-0.1, -0.05) is 0 Å². The van der Waals surface area contributed by atoms with Gasteiger partial charge >= 0.3 is 0 Å². The Bertz CT molecular complexity index is 316. The Morgan fingerprint density at radius 1 is 1.64 bits per heavy atom. The van der Waals surface area contributed by atoms with E-state index in [0.717, 1.165) is 12.4 Å². The van der Waals surface area contributed by atoms with Gasteiger partial charge in [-0.05, 0) is 0 Å². The zero-order chi connectivity index (χ0) is 10.6. The Labute approximate surface area is 79.0 Å². The van der Waals surface area contributed by atoms with Gasteiger partial charge in [-0.2, -0.15) is 0 Å². The van der Waals surface area contributed by atoms with E-state index in [9.17, 15) is 9.18 Å². The maximum absolute atomic E-state index is 12.4. The van der Waals surface area contributed by atoms with Crippen LogP contribution in [0.4, 0.5) is 10.3 Å². The van der Waals surface area contributed by atoms with Crippen LogP contribution in [0, 0.1) is 5.82 Å². The normalized spacial score (nSPS) is 12.1. The highest BCUT2D eigenvalue weighted by molar-refractivity contribution is 5.82. The van der Waals surface area contributed by atoms with Gasteiger partial charge in [0.15, 0.2) is 5.82 Å². The molecule has 0 aliphatic rings. The molecule has 0 unspecified atom stereocenters. The van der Waals surface area contributed by atoms with Crippen LogP contribution in [-0.4, -0.2) is 33.6 Å². The van der Waals surface area contributed by atoms with Gasteiger partial charge in [0.2, 0.25) is 11.9 Å². The minimum atomic E-state index is -0.972. The molecule has 1 aromatic rings. The van der Waals surface area contributed by atoms with Gasteiger partial charge in [0.25, 0.3) is 0 Å². The zero-order valence-corrected chi connectivity index (χ0v) is 7.14. The molecular formula is C7H9FN4O2. The molecule has 7 heteroatoms. The van der Waals surface area contributed by atoms with Gasteiger partial charge < -0.3 is 16.2 Å². The quantitative estimate of drug-likeness (QED) is 0.571. The summed E-state index contributed by atoms with van der Waals surface area (Å²) < 4.78 is 12.4. The summed E-state index contributed by atoms with van der Waals surface area (Å²) in [5.74, 6) is -1.29. The molecule has 0 aliphatic carbocycles. The molecule has 1 amide bonds. The number of hydrogen-bond acceptors (Lipinski definition) is 5. The van der Waals surface area contributed by atoms with Crippen molar-refractivity contribution in [3.8, 4) is 0 Å². The fourth-order valence-corrected chi connectivity index (χ4v) is 0.749. The number of rotatable bonds is 4. The van der Waals surface area contributed by atoms with Crippen LogP contribution in [0.25, 0.3) is 0 Å². The molecule has 76 valence electrons. The van der Waals surface area contributed by atoms with Crippen LogP contribution < -0.4 is 11.1 Å². The Hall–Kier alpha value is -1.76. The van der Waals surface area contributed by atoms with E-state index >= 15 is 0 Å². The molecule has 0 saturated carbocycles. The molecule has 1 aromatic heterocycles. The zero-order valence-electron chi connectivity index (χ0n) is 7.14. The largest absolute Gasteiger partial charge is 0.394 e. The number of hydrogen-bond donors (Lipinski definition) is 3. The second-order valence-electron chi connectivity index (χ2n) is 2.51. The van der Waals surface area contributed by atoms with Crippen LogP contribution in [-0.2, 0) is 4.79 Å². The molecule has 0 radical (unpaired) electrons. The molecule has 0 aliphatic heterocycles. The van der Waals surface area contributed by atoms with E-state index in [2.05, 4.69) is 15.3 Å². The van der Waals surface area contributed by atoms with Crippen LogP contribution in [0.2, 0.25) is 0 Å². The van der Waals surface area contributed by atoms with Crippen LogP contribution in [0.3, 0.4) is 0 Å². The minimum Gasteiger partial charge on any atom is -0.394 e. The molecule has 4 N–H and O–H groups in total. The lowest BCUT2D eigenvalue weighted by atomic mass is 10.3. The predicted molar refractivity (Wildman–Crippen MR) is 45.7 cm³/mol. The summed E-state index contributed by atoms with van der Waals surface area (Å²) in [4.78, 5) is 17.7. The average Bonchev–Trinajstić information content (AvgIpc) is 2.16. The Morgan fingerprint density at radius 3 is 2.64 bits per heavy atom. The maximum atomic E-state index is 12.4. The van der Waals surface area contributed by atoms with E-state index in [1.54, 1.807) is 0 Å². The number of carbonyl (C=O) groups excluding carboxylic acids is 1. The van der Waals surface area contributed by atoms with E-state index in [1.807, 2.05) is 0 Å². The summed E-state index contributed by atoms with van der Waals surface area (Å²) in [6.45, 7) is -0.476. The first-order valence-electron chi connectivity index (χ1n) is 3.77. The number of nitrogens with zero attached hydrogens (tertiary/aromatic N) is 2. The van der Waals surface area contributed by atoms with Crippen molar-refractivity contribution < 1.29 is 14.3 Å². The molecule has 0 bridgehead atoms. The number of primary amides is 1. The van der Waals surface area contributed by atoms with Crippen LogP contribution in [0.15, 0.2) is 12.4 Å². The summed E-state index contributed by atoms with van der Waals surface area (Å²) in [5, 5.41) is 11.2. The number of aliphatic hydroxyl groups is 1. The average molecular weight is 200 g/mol. The number of nitrogens with two attached hydrogens (primary N) is 1. The molecule has 0 saturated heterocycles. The maximum Gasteiger partial charge on any atom is 0.242 e. The van der Waals surface area contributed by atoms with Gasteiger partial charge in [0, 0.05) is 0 Å². The lowest BCUT2D eigenvalue weighted by molar-refractivity contribution is -0.119. The van der Waals surface area contributed by atoms with Gasteiger partial charge in [-0.15, -0.1) is 0 Å². The number of aromatic nitrogens is 2. The van der Waals surface area contributed by atoms with Crippen molar-refractivity contribution in [1.29, 1.82) is 0 Å². The summed E-state index contributed by atoms with van der Waals surface area (Å²) in [7, 11) is 0. The molecular weight excluding hydrogens is 191 g/mol. The first-order valence-corrected chi connectivity index (χ1v) is 3.77. The predicted octanol–water partition coefficient (Wildman–Crippen LogP) is -1.13. The van der Waals surface area contributed by atoms with Crippen molar-refractivity contribution in [3.63, 3.8) is 0 Å². The van der Waals surface area contributed by atoms with Crippen molar-refractivity contribution in [1.82, 2.24) is 9.97 Å². The fraction of sp³-hybridized carbons (Fsp3) is 0.286. The molecule has 0 aromatic carbocycles. The Kier molecular flexibility index (Phi) is 3.29. The lowest BCUT2D eigenvalue weighted by Crippen LogP contribution is -2.38. The standard InChI is InChI=1S/C7H9FN4O2/c8-4-1-10-7(11-2-4)12-5(3-13)6(9)14/h1-2,5,13H,3H2,(H2,9,14)(H,10,11,12)/t5-/m0/s1. The summed E-state index contributed by atoms with van der Waals surface area (Å²) >= 11 is 0. The number of halogens is 1. The van der Waals surface area contributed by atoms with Crippen LogP contribution in [0.1, 0.15) is 0 Å². The van der Waals surface area contributed by atoms with Crippen LogP contribution >= 0.6 is 0 Å². The fourth-order valence-electron chi connectivity index (χ4n) is 0.749. The van der Waals surface area contributed by atoms with E-state index in [1.165, 1.54) is 0 Å². The Balaban J connectivity index is 2.67. The third-order valence-electron chi connectivity index (χ3n) is 1.45. The number of carbonyl (C=O) groups is 1. The third kappa shape index (κ3) is 2.63. The van der Waals surface area contributed by atoms with Crippen LogP contribution in [0.5, 0.6) is 0 Å². The van der Waals surface area contributed by atoms with Crippen molar-refractivity contribution in [2.75, 3.05) is 11.9 Å². The number of nitrogens with one attached hydrogen (secondary N) is 1. The molecule has 1 heterocycles. The third-order valence-corrected chi connectivity index (χ3v) is 1.45. The van der Waals surface area contributed by atoms with Gasteiger partial charge in [-0.3, -0.25) is 4.79 Å². The summed E-state index contributed by atoms with van der Waals surface area (Å²) in [5.41, 5.74) is 4.93. The van der Waals surface area contributed by atoms with Gasteiger partial charge in [-0.25, -0.2) is 14.4 Å². The smallest absolute Gasteiger partial charge is 0.242 e. The second kappa shape index (κ2) is 4.47. The highest BCUT2D eigenvalue weighted by atomic mass is 19.1. The minimum absolute atomic E-state index is 0.0317. The van der Waals surface area contributed by atoms with E-state index < -0.39 is 24.4 Å². The molecule has 1 rings (SSSR count). The lowest BCUT2D eigenvalue weighted by Gasteiger charge is -2.11. The number of anilines is 1. The second-order valence-corrected chi connectivity index (χ2v) is 2.51. The van der Waals surface area contributed by atoms with Gasteiger partial charge in [0.1, 0.15) is 6.04 Å². The van der Waals surface area contributed by atoms with Gasteiger partial charge in [0.05, 0.1) is 19.0 Å². The molecule has 0 spiro atoms. The molecule has 1 atom stereocenters. The highest BCUT2D eigenvalue weighted by Crippen LogP contribution is 2.00. The van der Waals surface area contributed by atoms with Crippen molar-refractivity contribution >= 4 is 11.9 Å². The molecule has 14 heavy (non-hydrogen) atoms. The first-order chi connectivity index (χ1) is 6.63. The summed E-state index contributed by atoms with van der Waals surface area (Å²) in [6.07, 6.45) is 1.87. The van der Waals surface area contributed by atoms with Crippen molar-refractivity contribution in [2.45, 2.75) is 6.04 Å². The number of amides is 1. The van der Waals surface area contributed by atoms with E-state index in [0.29, 0.717) is 0 Å². The van der Waals surface area contributed by atoms with E-state index in [4.69, 9.17) is 10.8 Å². The van der Waals surface area contributed by atoms with Crippen molar-refractivity contribution in [3.05, 3.63) is 18.2 Å². The topological polar surface area (TPSA) is 101 Å².